The Morgan fingerprint density at radius 1 is 1.69 bits per heavy atom. The van der Waals surface area contributed by atoms with Crippen LogP contribution in [0, 0.1) is 0 Å². The summed E-state index contributed by atoms with van der Waals surface area (Å²) in [5.74, 6) is 0. The second kappa shape index (κ2) is 3.40. The number of hydrogen-bond acceptors (Lipinski definition) is 3. The molecular formula is C10H15NOS. The van der Waals surface area contributed by atoms with Gasteiger partial charge in [0.05, 0.1) is 0 Å². The van der Waals surface area contributed by atoms with E-state index in [2.05, 4.69) is 23.7 Å². The van der Waals surface area contributed by atoms with Gasteiger partial charge in [0.2, 0.25) is 0 Å². The van der Waals surface area contributed by atoms with Crippen LogP contribution in [0.3, 0.4) is 0 Å². The maximum absolute atomic E-state index is 5.80. The SMILES string of the molecule is CCOC1(C)CNCc2ccsc21. The summed E-state index contributed by atoms with van der Waals surface area (Å²) in [6, 6.07) is 2.18. The first kappa shape index (κ1) is 9.19. The average Bonchev–Trinajstić information content (AvgIpc) is 2.54. The minimum Gasteiger partial charge on any atom is -0.369 e. The monoisotopic (exact) mass is 197 g/mol. The zero-order valence-corrected chi connectivity index (χ0v) is 8.91. The van der Waals surface area contributed by atoms with Gasteiger partial charge in [0, 0.05) is 24.6 Å². The third-order valence-corrected chi connectivity index (χ3v) is 3.67. The second-order valence-electron chi connectivity index (χ2n) is 3.54. The standard InChI is InChI=1S/C10H15NOS/c1-3-12-10(2)7-11-6-8-4-5-13-9(8)10/h4-5,11H,3,6-7H2,1-2H3. The van der Waals surface area contributed by atoms with E-state index in [4.69, 9.17) is 4.74 Å². The van der Waals surface area contributed by atoms with Gasteiger partial charge in [0.1, 0.15) is 5.60 Å². The van der Waals surface area contributed by atoms with Crippen LogP contribution in [0.4, 0.5) is 0 Å². The number of fused-ring (bicyclic) bond motifs is 1. The van der Waals surface area contributed by atoms with Crippen LogP contribution in [0.1, 0.15) is 24.3 Å². The van der Waals surface area contributed by atoms with Crippen LogP contribution in [-0.4, -0.2) is 13.2 Å². The molecule has 1 aromatic heterocycles. The van der Waals surface area contributed by atoms with Gasteiger partial charge in [-0.2, -0.15) is 0 Å². The quantitative estimate of drug-likeness (QED) is 0.784. The van der Waals surface area contributed by atoms with Crippen molar-refractivity contribution in [3.05, 3.63) is 21.9 Å². The number of nitrogens with one attached hydrogen (secondary N) is 1. The Kier molecular flexibility index (Phi) is 2.41. The van der Waals surface area contributed by atoms with Gasteiger partial charge >= 0.3 is 0 Å². The molecule has 1 aliphatic rings. The summed E-state index contributed by atoms with van der Waals surface area (Å²) in [7, 11) is 0. The van der Waals surface area contributed by atoms with Crippen LogP contribution in [0.15, 0.2) is 11.4 Å². The number of ether oxygens (including phenoxy) is 1. The summed E-state index contributed by atoms with van der Waals surface area (Å²) in [6.45, 7) is 6.90. The second-order valence-corrected chi connectivity index (χ2v) is 4.46. The molecule has 0 fully saturated rings. The highest BCUT2D eigenvalue weighted by Crippen LogP contribution is 2.34. The third-order valence-electron chi connectivity index (χ3n) is 2.47. The minimum atomic E-state index is -0.101. The van der Waals surface area contributed by atoms with Gasteiger partial charge in [0.25, 0.3) is 0 Å². The Morgan fingerprint density at radius 2 is 2.54 bits per heavy atom. The molecule has 3 heteroatoms. The molecule has 0 saturated heterocycles. The minimum absolute atomic E-state index is 0.101. The van der Waals surface area contributed by atoms with Gasteiger partial charge in [-0.1, -0.05) is 0 Å². The zero-order valence-electron chi connectivity index (χ0n) is 8.09. The van der Waals surface area contributed by atoms with E-state index >= 15 is 0 Å². The highest BCUT2D eigenvalue weighted by molar-refractivity contribution is 7.10. The van der Waals surface area contributed by atoms with E-state index < -0.39 is 0 Å². The summed E-state index contributed by atoms with van der Waals surface area (Å²) in [4.78, 5) is 1.40. The lowest BCUT2D eigenvalue weighted by atomic mass is 9.97. The van der Waals surface area contributed by atoms with Crippen LogP contribution in [0.25, 0.3) is 0 Å². The van der Waals surface area contributed by atoms with Gasteiger partial charge in [-0.05, 0) is 30.9 Å². The lowest BCUT2D eigenvalue weighted by Crippen LogP contribution is -2.41. The Balaban J connectivity index is 2.33. The molecule has 1 unspecified atom stereocenters. The topological polar surface area (TPSA) is 21.3 Å². The molecule has 13 heavy (non-hydrogen) atoms. The van der Waals surface area contributed by atoms with Crippen molar-refractivity contribution in [3.8, 4) is 0 Å². The first-order valence-electron chi connectivity index (χ1n) is 4.68. The molecule has 0 aromatic carbocycles. The molecule has 2 nitrogen and oxygen atoms in total. The van der Waals surface area contributed by atoms with E-state index in [0.717, 1.165) is 19.7 Å². The molecule has 1 aromatic rings. The van der Waals surface area contributed by atoms with E-state index in [9.17, 15) is 0 Å². The summed E-state index contributed by atoms with van der Waals surface area (Å²) in [5.41, 5.74) is 1.29. The highest BCUT2D eigenvalue weighted by atomic mass is 32.1. The Hall–Kier alpha value is -0.380. The molecule has 0 saturated carbocycles. The van der Waals surface area contributed by atoms with Gasteiger partial charge in [-0.3, -0.25) is 0 Å². The van der Waals surface area contributed by atoms with Crippen molar-refractivity contribution in [2.24, 2.45) is 0 Å². The van der Waals surface area contributed by atoms with Crippen LogP contribution in [0.2, 0.25) is 0 Å². The molecule has 0 amide bonds. The van der Waals surface area contributed by atoms with E-state index in [-0.39, 0.29) is 5.60 Å². The van der Waals surface area contributed by atoms with Crippen molar-refractivity contribution in [3.63, 3.8) is 0 Å². The molecule has 1 aliphatic heterocycles. The largest absolute Gasteiger partial charge is 0.369 e. The molecular weight excluding hydrogens is 182 g/mol. The predicted molar refractivity (Wildman–Crippen MR) is 55.0 cm³/mol. The van der Waals surface area contributed by atoms with Crippen molar-refractivity contribution in [1.82, 2.24) is 5.32 Å². The number of hydrogen-bond donors (Lipinski definition) is 1. The van der Waals surface area contributed by atoms with E-state index in [1.54, 1.807) is 0 Å². The Labute approximate surface area is 82.9 Å². The predicted octanol–water partition coefficient (Wildman–Crippen LogP) is 2.10. The number of rotatable bonds is 2. The van der Waals surface area contributed by atoms with Crippen molar-refractivity contribution >= 4 is 11.3 Å². The van der Waals surface area contributed by atoms with Gasteiger partial charge in [-0.15, -0.1) is 11.3 Å². The normalized spacial score (nSPS) is 27.2. The van der Waals surface area contributed by atoms with Crippen LogP contribution in [0.5, 0.6) is 0 Å². The summed E-state index contributed by atoms with van der Waals surface area (Å²) >= 11 is 1.81. The highest BCUT2D eigenvalue weighted by Gasteiger charge is 2.33. The van der Waals surface area contributed by atoms with Gasteiger partial charge in [-0.25, -0.2) is 0 Å². The van der Waals surface area contributed by atoms with E-state index in [0.29, 0.717) is 0 Å². The van der Waals surface area contributed by atoms with Crippen molar-refractivity contribution in [1.29, 1.82) is 0 Å². The number of thiophene rings is 1. The molecule has 72 valence electrons. The van der Waals surface area contributed by atoms with Crippen LogP contribution >= 0.6 is 11.3 Å². The molecule has 0 aliphatic carbocycles. The molecule has 2 rings (SSSR count). The average molecular weight is 197 g/mol. The molecule has 0 bridgehead atoms. The summed E-state index contributed by atoms with van der Waals surface area (Å²) in [6.07, 6.45) is 0. The molecule has 1 atom stereocenters. The fourth-order valence-electron chi connectivity index (χ4n) is 1.89. The maximum Gasteiger partial charge on any atom is 0.112 e. The van der Waals surface area contributed by atoms with Crippen molar-refractivity contribution < 1.29 is 4.74 Å². The van der Waals surface area contributed by atoms with Crippen LogP contribution < -0.4 is 5.32 Å². The molecule has 0 spiro atoms. The Morgan fingerprint density at radius 3 is 3.31 bits per heavy atom. The molecule has 2 heterocycles. The summed E-state index contributed by atoms with van der Waals surface area (Å²) < 4.78 is 5.80. The third kappa shape index (κ3) is 1.52. The van der Waals surface area contributed by atoms with Crippen LogP contribution in [-0.2, 0) is 16.9 Å². The first-order valence-corrected chi connectivity index (χ1v) is 5.56. The fraction of sp³-hybridized carbons (Fsp3) is 0.600. The van der Waals surface area contributed by atoms with E-state index in [1.807, 2.05) is 18.3 Å². The fourth-order valence-corrected chi connectivity index (χ4v) is 2.93. The lowest BCUT2D eigenvalue weighted by molar-refractivity contribution is -0.0306. The van der Waals surface area contributed by atoms with Crippen molar-refractivity contribution in [2.75, 3.05) is 13.2 Å². The lowest BCUT2D eigenvalue weighted by Gasteiger charge is -2.33. The molecule has 0 radical (unpaired) electrons. The van der Waals surface area contributed by atoms with Crippen molar-refractivity contribution in [2.45, 2.75) is 26.0 Å². The smallest absolute Gasteiger partial charge is 0.112 e. The molecule has 1 N–H and O–H groups in total. The van der Waals surface area contributed by atoms with Gasteiger partial charge in [0.15, 0.2) is 0 Å². The van der Waals surface area contributed by atoms with E-state index in [1.165, 1.54) is 10.4 Å². The Bertz CT molecular complexity index is 297. The summed E-state index contributed by atoms with van der Waals surface area (Å²) in [5, 5.41) is 5.53. The first-order chi connectivity index (χ1) is 6.26. The van der Waals surface area contributed by atoms with Gasteiger partial charge < -0.3 is 10.1 Å². The maximum atomic E-state index is 5.80. The zero-order chi connectivity index (χ0) is 9.31.